The molecule has 0 atom stereocenters. The number of para-hydroxylation sites is 1. The minimum absolute atomic E-state index is 0. The van der Waals surface area contributed by atoms with E-state index in [-0.39, 0.29) is 17.0 Å². The number of nitrogens with one attached hydrogen (secondary N) is 1. The smallest absolute Gasteiger partial charge is 0.187 e. The van der Waals surface area contributed by atoms with Gasteiger partial charge in [-0.05, 0) is 54.3 Å². The molecule has 0 unspecified atom stereocenters. The van der Waals surface area contributed by atoms with Crippen LogP contribution in [0, 0.1) is 5.92 Å². The standard InChI is InChI=1S/C25H24N2OS.BrH/c1-18(2)16-19-8-10-20(11-9-19)24-17-29-25(27-24)26-21-12-14-23(15-13-21)28-22-6-4-3-5-7-22;/h3-15,17-18H,16H2,1-2H3,(H,26,27);1H. The topological polar surface area (TPSA) is 34.1 Å². The monoisotopic (exact) mass is 480 g/mol. The molecule has 1 heterocycles. The van der Waals surface area contributed by atoms with Crippen molar-refractivity contribution in [1.82, 2.24) is 4.98 Å². The van der Waals surface area contributed by atoms with E-state index in [9.17, 15) is 0 Å². The van der Waals surface area contributed by atoms with Crippen LogP contribution in [0.2, 0.25) is 0 Å². The zero-order chi connectivity index (χ0) is 20.1. The number of benzene rings is 3. The molecule has 0 radical (unpaired) electrons. The second kappa shape index (κ2) is 10.4. The van der Waals surface area contributed by atoms with Gasteiger partial charge in [-0.3, -0.25) is 0 Å². The highest BCUT2D eigenvalue weighted by Gasteiger charge is 2.06. The molecule has 30 heavy (non-hydrogen) atoms. The molecule has 5 heteroatoms. The van der Waals surface area contributed by atoms with Gasteiger partial charge in [-0.2, -0.15) is 0 Å². The van der Waals surface area contributed by atoms with E-state index in [1.54, 1.807) is 11.3 Å². The van der Waals surface area contributed by atoms with E-state index >= 15 is 0 Å². The number of ether oxygens (including phenoxy) is 1. The molecule has 0 amide bonds. The number of nitrogens with zero attached hydrogens (tertiary/aromatic N) is 1. The van der Waals surface area contributed by atoms with Gasteiger partial charge in [-0.15, -0.1) is 28.3 Å². The van der Waals surface area contributed by atoms with E-state index in [1.807, 2.05) is 54.6 Å². The van der Waals surface area contributed by atoms with E-state index in [0.717, 1.165) is 40.0 Å². The van der Waals surface area contributed by atoms with Gasteiger partial charge in [0.2, 0.25) is 0 Å². The number of aromatic nitrogens is 1. The number of halogens is 1. The maximum absolute atomic E-state index is 5.84. The molecule has 1 aromatic heterocycles. The number of rotatable bonds is 7. The molecule has 4 aromatic rings. The first-order valence-electron chi connectivity index (χ1n) is 9.80. The first-order valence-corrected chi connectivity index (χ1v) is 10.7. The molecule has 0 spiro atoms. The number of thiazole rings is 1. The first kappa shape index (κ1) is 22.1. The SMILES string of the molecule is Br.CC(C)Cc1ccc(-c2csc(Nc3ccc(Oc4ccccc4)cc3)n2)cc1. The van der Waals surface area contributed by atoms with Crippen molar-refractivity contribution < 1.29 is 4.74 Å². The lowest BCUT2D eigenvalue weighted by Gasteiger charge is -2.07. The fraction of sp³-hybridized carbons (Fsp3) is 0.160. The fourth-order valence-electron chi connectivity index (χ4n) is 3.10. The van der Waals surface area contributed by atoms with Crippen molar-refractivity contribution in [3.05, 3.63) is 89.8 Å². The third-order valence-electron chi connectivity index (χ3n) is 4.48. The number of hydrogen-bond donors (Lipinski definition) is 1. The summed E-state index contributed by atoms with van der Waals surface area (Å²) in [5, 5.41) is 6.34. The van der Waals surface area contributed by atoms with Gasteiger partial charge in [0.05, 0.1) is 5.69 Å². The molecule has 0 aliphatic heterocycles. The van der Waals surface area contributed by atoms with Crippen LogP contribution in [0.15, 0.2) is 84.2 Å². The van der Waals surface area contributed by atoms with Crippen LogP contribution in [-0.2, 0) is 6.42 Å². The Kier molecular flexibility index (Phi) is 7.66. The van der Waals surface area contributed by atoms with Crippen LogP contribution in [0.4, 0.5) is 10.8 Å². The van der Waals surface area contributed by atoms with Crippen molar-refractivity contribution >= 4 is 39.1 Å². The Balaban J connectivity index is 0.00000256. The Bertz CT molecular complexity index is 1040. The minimum Gasteiger partial charge on any atom is -0.457 e. The highest BCUT2D eigenvalue weighted by Crippen LogP contribution is 2.29. The van der Waals surface area contributed by atoms with Crippen LogP contribution in [0.3, 0.4) is 0 Å². The third kappa shape index (κ3) is 5.94. The van der Waals surface area contributed by atoms with Gasteiger partial charge in [0, 0.05) is 16.6 Å². The summed E-state index contributed by atoms with van der Waals surface area (Å²) in [5.74, 6) is 2.31. The fourth-order valence-corrected chi connectivity index (χ4v) is 3.84. The van der Waals surface area contributed by atoms with Gasteiger partial charge in [0.1, 0.15) is 11.5 Å². The third-order valence-corrected chi connectivity index (χ3v) is 5.24. The van der Waals surface area contributed by atoms with Crippen LogP contribution in [-0.4, -0.2) is 4.98 Å². The Morgan fingerprint density at radius 1 is 0.867 bits per heavy atom. The second-order valence-corrected chi connectivity index (χ2v) is 8.26. The predicted molar refractivity (Wildman–Crippen MR) is 133 cm³/mol. The number of hydrogen-bond acceptors (Lipinski definition) is 4. The second-order valence-electron chi connectivity index (χ2n) is 7.40. The molecule has 4 rings (SSSR count). The summed E-state index contributed by atoms with van der Waals surface area (Å²) in [7, 11) is 0. The van der Waals surface area contributed by atoms with Crippen LogP contribution in [0.25, 0.3) is 11.3 Å². The quantitative estimate of drug-likeness (QED) is 0.289. The lowest BCUT2D eigenvalue weighted by molar-refractivity contribution is 0.483. The summed E-state index contributed by atoms with van der Waals surface area (Å²) in [6.45, 7) is 4.49. The summed E-state index contributed by atoms with van der Waals surface area (Å²) in [5.41, 5.74) is 4.50. The van der Waals surface area contributed by atoms with Crippen molar-refractivity contribution in [2.24, 2.45) is 5.92 Å². The van der Waals surface area contributed by atoms with Gasteiger partial charge < -0.3 is 10.1 Å². The summed E-state index contributed by atoms with van der Waals surface area (Å²) in [6.07, 6.45) is 1.11. The normalized spacial score (nSPS) is 10.5. The molecular formula is C25H25BrN2OS. The molecule has 0 aliphatic carbocycles. The van der Waals surface area contributed by atoms with E-state index < -0.39 is 0 Å². The van der Waals surface area contributed by atoms with Crippen LogP contribution in [0.1, 0.15) is 19.4 Å². The number of anilines is 2. The van der Waals surface area contributed by atoms with Gasteiger partial charge in [0.15, 0.2) is 5.13 Å². The molecule has 0 aliphatic rings. The summed E-state index contributed by atoms with van der Waals surface area (Å²) < 4.78 is 5.84. The molecule has 3 nitrogen and oxygen atoms in total. The summed E-state index contributed by atoms with van der Waals surface area (Å²) >= 11 is 1.61. The van der Waals surface area contributed by atoms with Crippen molar-refractivity contribution in [2.45, 2.75) is 20.3 Å². The molecule has 154 valence electrons. The van der Waals surface area contributed by atoms with E-state index in [4.69, 9.17) is 9.72 Å². The minimum atomic E-state index is 0. The van der Waals surface area contributed by atoms with E-state index in [2.05, 4.69) is 48.8 Å². The van der Waals surface area contributed by atoms with E-state index in [0.29, 0.717) is 5.92 Å². The van der Waals surface area contributed by atoms with Crippen molar-refractivity contribution in [3.8, 4) is 22.8 Å². The average molecular weight is 481 g/mol. The molecular weight excluding hydrogens is 456 g/mol. The molecule has 0 saturated heterocycles. The van der Waals surface area contributed by atoms with Gasteiger partial charge in [0.25, 0.3) is 0 Å². The molecule has 1 N–H and O–H groups in total. The lowest BCUT2D eigenvalue weighted by atomic mass is 10.0. The predicted octanol–water partition coefficient (Wildman–Crippen LogP) is 8.12. The highest BCUT2D eigenvalue weighted by atomic mass is 79.9. The Hall–Kier alpha value is -2.63. The van der Waals surface area contributed by atoms with Crippen molar-refractivity contribution in [3.63, 3.8) is 0 Å². The zero-order valence-corrected chi connectivity index (χ0v) is 19.6. The Labute approximate surface area is 192 Å². The highest BCUT2D eigenvalue weighted by molar-refractivity contribution is 8.93. The maximum Gasteiger partial charge on any atom is 0.187 e. The van der Waals surface area contributed by atoms with Crippen molar-refractivity contribution in [2.75, 3.05) is 5.32 Å². The molecule has 3 aromatic carbocycles. The molecule has 0 saturated carbocycles. The molecule has 0 fully saturated rings. The molecule has 0 bridgehead atoms. The van der Waals surface area contributed by atoms with Gasteiger partial charge in [-0.25, -0.2) is 4.98 Å². The van der Waals surface area contributed by atoms with Gasteiger partial charge >= 0.3 is 0 Å². The van der Waals surface area contributed by atoms with E-state index in [1.165, 1.54) is 5.56 Å². The summed E-state index contributed by atoms with van der Waals surface area (Å²) in [4.78, 5) is 4.73. The van der Waals surface area contributed by atoms with Gasteiger partial charge in [-0.1, -0.05) is 56.3 Å². The Morgan fingerprint density at radius 3 is 2.20 bits per heavy atom. The average Bonchev–Trinajstić information content (AvgIpc) is 3.19. The largest absolute Gasteiger partial charge is 0.457 e. The lowest BCUT2D eigenvalue weighted by Crippen LogP contribution is -1.93. The van der Waals surface area contributed by atoms with Crippen LogP contribution in [0.5, 0.6) is 11.5 Å². The zero-order valence-electron chi connectivity index (χ0n) is 17.0. The Morgan fingerprint density at radius 2 is 1.53 bits per heavy atom. The van der Waals surface area contributed by atoms with Crippen LogP contribution >= 0.6 is 28.3 Å². The maximum atomic E-state index is 5.84. The van der Waals surface area contributed by atoms with Crippen molar-refractivity contribution in [1.29, 1.82) is 0 Å². The van der Waals surface area contributed by atoms with Crippen LogP contribution < -0.4 is 10.1 Å². The first-order chi connectivity index (χ1) is 14.2. The summed E-state index contributed by atoms with van der Waals surface area (Å²) in [6, 6.07) is 26.4.